The number of carbonyl (C=O) groups is 1. The van der Waals surface area contributed by atoms with Gasteiger partial charge in [-0.25, -0.2) is 8.78 Å². The van der Waals surface area contributed by atoms with E-state index in [9.17, 15) is 13.6 Å². The van der Waals surface area contributed by atoms with Gasteiger partial charge in [0.1, 0.15) is 17.7 Å². The van der Waals surface area contributed by atoms with Crippen molar-refractivity contribution in [3.8, 4) is 5.75 Å². The number of ketones is 1. The van der Waals surface area contributed by atoms with Gasteiger partial charge in [-0.05, 0) is 18.6 Å². The molecule has 0 aliphatic heterocycles. The molecular formula is C11H10F2O2. The van der Waals surface area contributed by atoms with Gasteiger partial charge in [-0.15, -0.1) is 0 Å². The Hall–Kier alpha value is -1.45. The lowest BCUT2D eigenvalue weighted by molar-refractivity contribution is -0.117. The Bertz CT molecular complexity index is 390. The van der Waals surface area contributed by atoms with Gasteiger partial charge >= 0.3 is 0 Å². The minimum atomic E-state index is -0.727. The summed E-state index contributed by atoms with van der Waals surface area (Å²) in [7, 11) is 0. The second-order valence-electron chi connectivity index (χ2n) is 3.60. The predicted octanol–water partition coefficient (Wildman–Crippen LogP) is 2.47. The molecule has 1 unspecified atom stereocenters. The molecule has 0 radical (unpaired) electrons. The molecule has 0 amide bonds. The number of Topliss-reactive ketones (excluding diaryl/α,β-unsaturated/α-hetero) is 1. The van der Waals surface area contributed by atoms with Crippen LogP contribution in [-0.2, 0) is 4.79 Å². The Morgan fingerprint density at radius 1 is 1.33 bits per heavy atom. The number of halogens is 2. The molecule has 0 N–H and O–H groups in total. The van der Waals surface area contributed by atoms with E-state index in [1.807, 2.05) is 0 Å². The second-order valence-corrected chi connectivity index (χ2v) is 3.60. The van der Waals surface area contributed by atoms with Gasteiger partial charge in [-0.3, -0.25) is 4.79 Å². The number of hydrogen-bond acceptors (Lipinski definition) is 2. The maximum absolute atomic E-state index is 13.2. The first-order valence-corrected chi connectivity index (χ1v) is 4.78. The molecule has 15 heavy (non-hydrogen) atoms. The molecule has 1 aliphatic rings. The Morgan fingerprint density at radius 3 is 2.73 bits per heavy atom. The maximum atomic E-state index is 13.2. The van der Waals surface area contributed by atoms with E-state index >= 15 is 0 Å². The summed E-state index contributed by atoms with van der Waals surface area (Å²) >= 11 is 0. The van der Waals surface area contributed by atoms with E-state index in [1.54, 1.807) is 0 Å². The Labute approximate surface area is 85.9 Å². The van der Waals surface area contributed by atoms with Gasteiger partial charge in [0, 0.05) is 18.9 Å². The third-order valence-corrected chi connectivity index (χ3v) is 2.39. The highest BCUT2D eigenvalue weighted by Crippen LogP contribution is 2.24. The summed E-state index contributed by atoms with van der Waals surface area (Å²) in [5.41, 5.74) is 0. The summed E-state index contributed by atoms with van der Waals surface area (Å²) in [5, 5.41) is 0. The lowest BCUT2D eigenvalue weighted by Crippen LogP contribution is -2.13. The average molecular weight is 212 g/mol. The lowest BCUT2D eigenvalue weighted by atomic mass is 10.3. The molecule has 1 fully saturated rings. The lowest BCUT2D eigenvalue weighted by Gasteiger charge is -2.12. The van der Waals surface area contributed by atoms with Crippen molar-refractivity contribution in [3.63, 3.8) is 0 Å². The van der Waals surface area contributed by atoms with Crippen LogP contribution in [0.3, 0.4) is 0 Å². The van der Waals surface area contributed by atoms with Crippen LogP contribution in [0, 0.1) is 11.6 Å². The first kappa shape index (κ1) is 10.1. The van der Waals surface area contributed by atoms with Gasteiger partial charge in [-0.1, -0.05) is 0 Å². The van der Waals surface area contributed by atoms with Crippen LogP contribution in [0.4, 0.5) is 8.78 Å². The van der Waals surface area contributed by atoms with E-state index < -0.39 is 11.6 Å². The quantitative estimate of drug-likeness (QED) is 0.752. The Balaban J connectivity index is 2.07. The van der Waals surface area contributed by atoms with Crippen molar-refractivity contribution in [1.29, 1.82) is 0 Å². The second kappa shape index (κ2) is 3.96. The fraction of sp³-hybridized carbons (Fsp3) is 0.364. The van der Waals surface area contributed by atoms with Crippen LogP contribution in [-0.4, -0.2) is 11.9 Å². The van der Waals surface area contributed by atoms with Crippen LogP contribution >= 0.6 is 0 Å². The van der Waals surface area contributed by atoms with Gasteiger partial charge < -0.3 is 4.74 Å². The predicted molar refractivity (Wildman–Crippen MR) is 49.6 cm³/mol. The molecule has 1 saturated carbocycles. The van der Waals surface area contributed by atoms with Crippen LogP contribution in [0.1, 0.15) is 19.3 Å². The molecule has 80 valence electrons. The Kier molecular flexibility index (Phi) is 2.66. The van der Waals surface area contributed by atoms with E-state index in [2.05, 4.69) is 0 Å². The molecule has 0 heterocycles. The number of hydrogen-bond donors (Lipinski definition) is 0. The topological polar surface area (TPSA) is 26.3 Å². The molecule has 2 rings (SSSR count). The van der Waals surface area contributed by atoms with E-state index in [0.29, 0.717) is 19.3 Å². The molecule has 1 aromatic carbocycles. The Morgan fingerprint density at radius 2 is 2.13 bits per heavy atom. The highest BCUT2D eigenvalue weighted by Gasteiger charge is 2.24. The van der Waals surface area contributed by atoms with Crippen LogP contribution in [0.5, 0.6) is 5.75 Å². The number of carbonyl (C=O) groups excluding carboxylic acids is 1. The third-order valence-electron chi connectivity index (χ3n) is 2.39. The van der Waals surface area contributed by atoms with Gasteiger partial charge in [0.15, 0.2) is 11.6 Å². The van der Waals surface area contributed by atoms with E-state index in [-0.39, 0.29) is 17.6 Å². The monoisotopic (exact) mass is 212 g/mol. The molecular weight excluding hydrogens is 202 g/mol. The van der Waals surface area contributed by atoms with E-state index in [0.717, 1.165) is 12.1 Å². The average Bonchev–Trinajstić information content (AvgIpc) is 2.56. The maximum Gasteiger partial charge on any atom is 0.167 e. The van der Waals surface area contributed by atoms with Crippen LogP contribution in [0.25, 0.3) is 0 Å². The summed E-state index contributed by atoms with van der Waals surface area (Å²) in [6, 6.07) is 3.15. The normalized spacial score (nSPS) is 20.7. The SMILES string of the molecule is O=C1CCC(Oc2ccc(F)cc2F)C1. The minimum absolute atomic E-state index is 0.0103. The van der Waals surface area contributed by atoms with E-state index in [1.165, 1.54) is 6.07 Å². The molecule has 0 spiro atoms. The molecule has 2 nitrogen and oxygen atoms in total. The molecule has 0 bridgehead atoms. The van der Waals surface area contributed by atoms with E-state index in [4.69, 9.17) is 4.74 Å². The summed E-state index contributed by atoms with van der Waals surface area (Å²) in [5.74, 6) is -1.23. The highest BCUT2D eigenvalue weighted by atomic mass is 19.1. The van der Waals surface area contributed by atoms with Crippen LogP contribution in [0.15, 0.2) is 18.2 Å². The molecule has 1 atom stereocenters. The summed E-state index contributed by atoms with van der Waals surface area (Å²) < 4.78 is 31.0. The van der Waals surface area contributed by atoms with Crippen molar-refractivity contribution in [2.24, 2.45) is 0 Å². The first-order valence-electron chi connectivity index (χ1n) is 4.78. The summed E-state index contributed by atoms with van der Waals surface area (Å²) in [6.07, 6.45) is 1.14. The van der Waals surface area contributed by atoms with Gasteiger partial charge in [-0.2, -0.15) is 0 Å². The summed E-state index contributed by atoms with van der Waals surface area (Å²) in [4.78, 5) is 10.9. The smallest absolute Gasteiger partial charge is 0.167 e. The molecule has 1 aromatic rings. The van der Waals surface area contributed by atoms with Crippen molar-refractivity contribution >= 4 is 5.78 Å². The molecule has 0 saturated heterocycles. The van der Waals surface area contributed by atoms with Gasteiger partial charge in [0.2, 0.25) is 0 Å². The number of rotatable bonds is 2. The molecule has 4 heteroatoms. The summed E-state index contributed by atoms with van der Waals surface area (Å²) in [6.45, 7) is 0. The zero-order valence-electron chi connectivity index (χ0n) is 8.00. The van der Waals surface area contributed by atoms with Crippen molar-refractivity contribution in [3.05, 3.63) is 29.8 Å². The fourth-order valence-corrected chi connectivity index (χ4v) is 1.63. The fourth-order valence-electron chi connectivity index (χ4n) is 1.63. The van der Waals surface area contributed by atoms with Gasteiger partial charge in [0.25, 0.3) is 0 Å². The van der Waals surface area contributed by atoms with Crippen molar-refractivity contribution in [2.45, 2.75) is 25.4 Å². The largest absolute Gasteiger partial charge is 0.487 e. The van der Waals surface area contributed by atoms with Gasteiger partial charge in [0.05, 0.1) is 0 Å². The van der Waals surface area contributed by atoms with Crippen molar-refractivity contribution in [2.75, 3.05) is 0 Å². The zero-order chi connectivity index (χ0) is 10.8. The molecule has 0 aromatic heterocycles. The van der Waals surface area contributed by atoms with Crippen molar-refractivity contribution < 1.29 is 18.3 Å². The number of benzene rings is 1. The van der Waals surface area contributed by atoms with Crippen LogP contribution in [0.2, 0.25) is 0 Å². The minimum Gasteiger partial charge on any atom is -0.487 e. The van der Waals surface area contributed by atoms with Crippen molar-refractivity contribution in [1.82, 2.24) is 0 Å². The highest BCUT2D eigenvalue weighted by molar-refractivity contribution is 5.81. The zero-order valence-corrected chi connectivity index (χ0v) is 8.00. The molecule has 1 aliphatic carbocycles. The third kappa shape index (κ3) is 2.32. The number of ether oxygens (including phenoxy) is 1. The standard InChI is InChI=1S/C11H10F2O2/c12-7-1-4-11(10(13)5-7)15-9-3-2-8(14)6-9/h1,4-5,9H,2-3,6H2. The first-order chi connectivity index (χ1) is 7.15. The van der Waals surface area contributed by atoms with Crippen LogP contribution < -0.4 is 4.74 Å².